The third-order valence-corrected chi connectivity index (χ3v) is 2.76. The maximum absolute atomic E-state index is 11.7. The molecule has 116 valence electrons. The first-order chi connectivity index (χ1) is 9.97. The van der Waals surface area contributed by atoms with E-state index in [0.29, 0.717) is 18.0 Å². The van der Waals surface area contributed by atoms with E-state index in [4.69, 9.17) is 15.2 Å². The second kappa shape index (κ2) is 8.11. The Balaban J connectivity index is 2.87. The number of amides is 3. The largest absolute Gasteiger partial charge is 0.497 e. The van der Waals surface area contributed by atoms with Gasteiger partial charge >= 0.3 is 6.03 Å². The number of hydrogen-bond acceptors (Lipinski definition) is 5. The first-order valence-electron chi connectivity index (χ1n) is 6.62. The summed E-state index contributed by atoms with van der Waals surface area (Å²) >= 11 is 0. The lowest BCUT2D eigenvalue weighted by Gasteiger charge is -2.17. The lowest BCUT2D eigenvalue weighted by Crippen LogP contribution is -2.42. The molecule has 7 heteroatoms. The molecule has 1 unspecified atom stereocenters. The topological polar surface area (TPSA) is 103 Å². The smallest absolute Gasteiger partial charge is 0.318 e. The Morgan fingerprint density at radius 2 is 2.10 bits per heavy atom. The summed E-state index contributed by atoms with van der Waals surface area (Å²) in [5.41, 5.74) is 5.79. The van der Waals surface area contributed by atoms with E-state index in [1.54, 1.807) is 13.2 Å². The highest BCUT2D eigenvalue weighted by atomic mass is 16.5. The zero-order valence-electron chi connectivity index (χ0n) is 12.4. The quantitative estimate of drug-likeness (QED) is 0.689. The normalized spacial score (nSPS) is 11.6. The number of carbonyl (C=O) groups is 2. The van der Waals surface area contributed by atoms with Gasteiger partial charge in [0.25, 0.3) is 5.91 Å². The highest BCUT2D eigenvalue weighted by Crippen LogP contribution is 2.25. The van der Waals surface area contributed by atoms with Crippen molar-refractivity contribution in [1.29, 1.82) is 0 Å². The van der Waals surface area contributed by atoms with E-state index in [1.165, 1.54) is 6.92 Å². The number of primary amides is 1. The molecule has 21 heavy (non-hydrogen) atoms. The first-order valence-corrected chi connectivity index (χ1v) is 6.62. The standard InChI is InChI=1S/C14H21N3O4/c1-4-16-8-10-5-6-11(20-3)7-12(10)21-9(2)13(18)17-14(15)19/h5-7,9,16H,4,8H2,1-3H3,(H3,15,17,18,19). The molecule has 0 aliphatic carbocycles. The van der Waals surface area contributed by atoms with Crippen LogP contribution in [-0.4, -0.2) is 31.7 Å². The molecule has 0 saturated carbocycles. The molecule has 4 N–H and O–H groups in total. The molecule has 7 nitrogen and oxygen atoms in total. The van der Waals surface area contributed by atoms with Crippen LogP contribution in [0, 0.1) is 0 Å². The molecule has 1 aromatic carbocycles. The van der Waals surface area contributed by atoms with E-state index in [0.717, 1.165) is 12.1 Å². The Labute approximate surface area is 123 Å². The average molecular weight is 295 g/mol. The SMILES string of the molecule is CCNCc1ccc(OC)cc1OC(C)C(=O)NC(N)=O. The molecule has 0 aromatic heterocycles. The summed E-state index contributed by atoms with van der Waals surface area (Å²) in [6.45, 7) is 4.94. The summed E-state index contributed by atoms with van der Waals surface area (Å²) in [6, 6.07) is 4.46. The molecule has 0 bridgehead atoms. The zero-order valence-corrected chi connectivity index (χ0v) is 12.4. The Bertz CT molecular complexity index is 505. The molecule has 3 amide bonds. The molecule has 0 spiro atoms. The maximum Gasteiger partial charge on any atom is 0.318 e. The molecule has 0 radical (unpaired) electrons. The molecular weight excluding hydrogens is 274 g/mol. The van der Waals surface area contributed by atoms with Gasteiger partial charge in [0.2, 0.25) is 0 Å². The predicted molar refractivity (Wildman–Crippen MR) is 78.2 cm³/mol. The summed E-state index contributed by atoms with van der Waals surface area (Å²) in [7, 11) is 1.55. The van der Waals surface area contributed by atoms with Gasteiger partial charge < -0.3 is 20.5 Å². The van der Waals surface area contributed by atoms with Crippen LogP contribution in [0.1, 0.15) is 19.4 Å². The number of methoxy groups -OCH3 is 1. The van der Waals surface area contributed by atoms with E-state index in [2.05, 4.69) is 5.32 Å². The van der Waals surface area contributed by atoms with Gasteiger partial charge in [0.05, 0.1) is 7.11 Å². The van der Waals surface area contributed by atoms with Crippen LogP contribution in [0.15, 0.2) is 18.2 Å². The molecule has 0 aliphatic rings. The molecule has 1 rings (SSSR count). The van der Waals surface area contributed by atoms with Crippen molar-refractivity contribution in [1.82, 2.24) is 10.6 Å². The van der Waals surface area contributed by atoms with Crippen molar-refractivity contribution in [2.75, 3.05) is 13.7 Å². The number of nitrogens with one attached hydrogen (secondary N) is 2. The molecule has 1 aromatic rings. The van der Waals surface area contributed by atoms with E-state index in [-0.39, 0.29) is 0 Å². The third-order valence-electron chi connectivity index (χ3n) is 2.76. The Morgan fingerprint density at radius 3 is 2.67 bits per heavy atom. The van der Waals surface area contributed by atoms with Gasteiger partial charge in [-0.2, -0.15) is 0 Å². The van der Waals surface area contributed by atoms with E-state index in [9.17, 15) is 9.59 Å². The summed E-state index contributed by atoms with van der Waals surface area (Å²) in [6.07, 6.45) is -0.856. The second-order valence-corrected chi connectivity index (χ2v) is 4.37. The lowest BCUT2D eigenvalue weighted by molar-refractivity contribution is -0.126. The fourth-order valence-corrected chi connectivity index (χ4v) is 1.64. The predicted octanol–water partition coefficient (Wildman–Crippen LogP) is 0.767. The zero-order chi connectivity index (χ0) is 15.8. The van der Waals surface area contributed by atoms with Crippen molar-refractivity contribution in [2.24, 2.45) is 5.73 Å². The van der Waals surface area contributed by atoms with Gasteiger partial charge in [-0.15, -0.1) is 0 Å². The number of urea groups is 1. The van der Waals surface area contributed by atoms with Crippen molar-refractivity contribution in [3.8, 4) is 11.5 Å². The fourth-order valence-electron chi connectivity index (χ4n) is 1.64. The van der Waals surface area contributed by atoms with Crippen LogP contribution in [0.5, 0.6) is 11.5 Å². The number of carbonyl (C=O) groups excluding carboxylic acids is 2. The Hall–Kier alpha value is -2.28. The summed E-state index contributed by atoms with van der Waals surface area (Å²) in [5, 5.41) is 5.16. The molecule has 0 aliphatic heterocycles. The van der Waals surface area contributed by atoms with Gasteiger partial charge in [0.1, 0.15) is 11.5 Å². The minimum Gasteiger partial charge on any atom is -0.497 e. The lowest BCUT2D eigenvalue weighted by atomic mass is 10.2. The highest BCUT2D eigenvalue weighted by molar-refractivity contribution is 5.95. The van der Waals surface area contributed by atoms with E-state index in [1.807, 2.05) is 24.4 Å². The molecular formula is C14H21N3O4. The van der Waals surface area contributed by atoms with Crippen LogP contribution in [0.3, 0.4) is 0 Å². The van der Waals surface area contributed by atoms with Gasteiger partial charge in [0.15, 0.2) is 6.10 Å². The van der Waals surface area contributed by atoms with Gasteiger partial charge in [-0.25, -0.2) is 4.79 Å². The van der Waals surface area contributed by atoms with Gasteiger partial charge in [-0.1, -0.05) is 13.0 Å². The van der Waals surface area contributed by atoms with Crippen molar-refractivity contribution in [3.05, 3.63) is 23.8 Å². The van der Waals surface area contributed by atoms with Crippen molar-refractivity contribution in [3.63, 3.8) is 0 Å². The number of imide groups is 1. The Kier molecular flexibility index (Phi) is 6.48. The Morgan fingerprint density at radius 1 is 1.38 bits per heavy atom. The summed E-state index contributed by atoms with van der Waals surface area (Å²) in [5.74, 6) is 0.537. The second-order valence-electron chi connectivity index (χ2n) is 4.37. The van der Waals surface area contributed by atoms with Crippen LogP contribution in [0.2, 0.25) is 0 Å². The number of nitrogens with two attached hydrogens (primary N) is 1. The summed E-state index contributed by atoms with van der Waals surface area (Å²) < 4.78 is 10.8. The highest BCUT2D eigenvalue weighted by Gasteiger charge is 2.18. The molecule has 0 heterocycles. The van der Waals surface area contributed by atoms with Crippen LogP contribution >= 0.6 is 0 Å². The number of hydrogen-bond donors (Lipinski definition) is 3. The molecule has 0 fully saturated rings. The van der Waals surface area contributed by atoms with Gasteiger partial charge in [0, 0.05) is 18.2 Å². The van der Waals surface area contributed by atoms with Gasteiger partial charge in [-0.3, -0.25) is 10.1 Å². The number of benzene rings is 1. The van der Waals surface area contributed by atoms with Crippen LogP contribution < -0.4 is 25.8 Å². The number of rotatable bonds is 7. The minimum absolute atomic E-state index is 0.516. The van der Waals surface area contributed by atoms with E-state index < -0.39 is 18.0 Å². The monoisotopic (exact) mass is 295 g/mol. The van der Waals surface area contributed by atoms with Crippen LogP contribution in [0.4, 0.5) is 4.79 Å². The third kappa shape index (κ3) is 5.31. The fraction of sp³-hybridized carbons (Fsp3) is 0.429. The minimum atomic E-state index is -0.908. The van der Waals surface area contributed by atoms with Crippen molar-refractivity contribution in [2.45, 2.75) is 26.5 Å². The first kappa shape index (κ1) is 16.8. The van der Waals surface area contributed by atoms with Gasteiger partial charge in [-0.05, 0) is 19.5 Å². The van der Waals surface area contributed by atoms with Crippen LogP contribution in [-0.2, 0) is 11.3 Å². The molecule has 0 saturated heterocycles. The molecule has 1 atom stereocenters. The van der Waals surface area contributed by atoms with Crippen molar-refractivity contribution < 1.29 is 19.1 Å². The summed E-state index contributed by atoms with van der Waals surface area (Å²) in [4.78, 5) is 22.3. The van der Waals surface area contributed by atoms with Crippen molar-refractivity contribution >= 4 is 11.9 Å². The van der Waals surface area contributed by atoms with Crippen LogP contribution in [0.25, 0.3) is 0 Å². The van der Waals surface area contributed by atoms with E-state index >= 15 is 0 Å². The average Bonchev–Trinajstić information content (AvgIpc) is 2.45. The number of ether oxygens (including phenoxy) is 2. The maximum atomic E-state index is 11.7.